The van der Waals surface area contributed by atoms with Gasteiger partial charge in [-0.05, 0) is 39.5 Å². The minimum Gasteiger partial charge on any atom is -0.363 e. The topological polar surface area (TPSA) is 37.8 Å². The Morgan fingerprint density at radius 1 is 1.29 bits per heavy atom. The molecular formula is C11H17N3. The van der Waals surface area contributed by atoms with Crippen molar-refractivity contribution in [1.29, 1.82) is 0 Å². The molecule has 0 bridgehead atoms. The summed E-state index contributed by atoms with van der Waals surface area (Å²) in [5.41, 5.74) is 1.13. The zero-order valence-electron chi connectivity index (χ0n) is 9.04. The summed E-state index contributed by atoms with van der Waals surface area (Å²) < 4.78 is 0. The average molecular weight is 191 g/mol. The van der Waals surface area contributed by atoms with Crippen LogP contribution in [0, 0.1) is 12.8 Å². The van der Waals surface area contributed by atoms with Crippen molar-refractivity contribution in [2.24, 2.45) is 5.92 Å². The van der Waals surface area contributed by atoms with Gasteiger partial charge in [-0.3, -0.25) is 4.98 Å². The van der Waals surface area contributed by atoms with Crippen molar-refractivity contribution in [2.45, 2.75) is 39.2 Å². The van der Waals surface area contributed by atoms with Gasteiger partial charge >= 0.3 is 0 Å². The largest absolute Gasteiger partial charge is 0.363 e. The van der Waals surface area contributed by atoms with E-state index in [1.54, 1.807) is 12.4 Å². The second-order valence-electron chi connectivity index (χ2n) is 4.61. The summed E-state index contributed by atoms with van der Waals surface area (Å²) in [6.45, 7) is 6.45. The first-order valence-electron chi connectivity index (χ1n) is 5.15. The molecule has 1 aromatic heterocycles. The van der Waals surface area contributed by atoms with Crippen molar-refractivity contribution in [3.05, 3.63) is 18.1 Å². The SMILES string of the molecule is Cc1nccnc1NC(C)(C)C1CC1. The number of rotatable bonds is 3. The van der Waals surface area contributed by atoms with Crippen molar-refractivity contribution in [2.75, 3.05) is 5.32 Å². The van der Waals surface area contributed by atoms with Crippen LogP contribution in [0.15, 0.2) is 12.4 Å². The summed E-state index contributed by atoms with van der Waals surface area (Å²) in [7, 11) is 0. The van der Waals surface area contributed by atoms with E-state index in [0.717, 1.165) is 17.4 Å². The number of hydrogen-bond acceptors (Lipinski definition) is 3. The summed E-state index contributed by atoms with van der Waals surface area (Å²) in [6, 6.07) is 0. The second-order valence-corrected chi connectivity index (χ2v) is 4.61. The molecule has 3 heteroatoms. The van der Waals surface area contributed by atoms with Gasteiger partial charge in [-0.1, -0.05) is 0 Å². The van der Waals surface area contributed by atoms with Crippen LogP contribution in [0.1, 0.15) is 32.4 Å². The molecule has 0 amide bonds. The zero-order valence-corrected chi connectivity index (χ0v) is 9.04. The lowest BCUT2D eigenvalue weighted by molar-refractivity contribution is 0.492. The van der Waals surface area contributed by atoms with Crippen LogP contribution in [-0.2, 0) is 0 Å². The molecule has 1 heterocycles. The third kappa shape index (κ3) is 1.86. The Morgan fingerprint density at radius 3 is 2.50 bits per heavy atom. The third-order valence-corrected chi connectivity index (χ3v) is 2.92. The third-order valence-electron chi connectivity index (χ3n) is 2.92. The number of aryl methyl sites for hydroxylation is 1. The Hall–Kier alpha value is -1.12. The fraction of sp³-hybridized carbons (Fsp3) is 0.636. The molecule has 14 heavy (non-hydrogen) atoms. The quantitative estimate of drug-likeness (QED) is 0.797. The molecule has 1 aromatic rings. The number of hydrogen-bond donors (Lipinski definition) is 1. The highest BCUT2D eigenvalue weighted by molar-refractivity contribution is 5.41. The van der Waals surface area contributed by atoms with Crippen molar-refractivity contribution in [1.82, 2.24) is 9.97 Å². The number of nitrogens with zero attached hydrogens (tertiary/aromatic N) is 2. The molecule has 1 fully saturated rings. The van der Waals surface area contributed by atoms with E-state index in [1.807, 2.05) is 6.92 Å². The lowest BCUT2D eigenvalue weighted by atomic mass is 9.99. The van der Waals surface area contributed by atoms with E-state index < -0.39 is 0 Å². The molecule has 0 spiro atoms. The normalized spacial score (nSPS) is 16.8. The summed E-state index contributed by atoms with van der Waals surface area (Å²) >= 11 is 0. The van der Waals surface area contributed by atoms with Gasteiger partial charge in [-0.2, -0.15) is 0 Å². The van der Waals surface area contributed by atoms with E-state index in [9.17, 15) is 0 Å². The molecule has 1 aliphatic carbocycles. The molecule has 0 radical (unpaired) electrons. The Labute approximate surface area is 85.0 Å². The Morgan fingerprint density at radius 2 is 1.93 bits per heavy atom. The lowest BCUT2D eigenvalue weighted by Crippen LogP contribution is -2.34. The van der Waals surface area contributed by atoms with Crippen LogP contribution < -0.4 is 5.32 Å². The van der Waals surface area contributed by atoms with Gasteiger partial charge in [0.25, 0.3) is 0 Å². The fourth-order valence-electron chi connectivity index (χ4n) is 1.74. The van der Waals surface area contributed by atoms with Gasteiger partial charge in [0.1, 0.15) is 5.82 Å². The smallest absolute Gasteiger partial charge is 0.147 e. The average Bonchev–Trinajstić information content (AvgIpc) is 2.91. The predicted molar refractivity (Wildman–Crippen MR) is 57.2 cm³/mol. The zero-order chi connectivity index (χ0) is 10.2. The van der Waals surface area contributed by atoms with Gasteiger partial charge in [0.05, 0.1) is 5.69 Å². The Bertz CT molecular complexity index is 329. The van der Waals surface area contributed by atoms with Crippen LogP contribution in [0.3, 0.4) is 0 Å². The van der Waals surface area contributed by atoms with Crippen LogP contribution >= 0.6 is 0 Å². The highest BCUT2D eigenvalue weighted by Gasteiger charge is 2.38. The van der Waals surface area contributed by atoms with Gasteiger partial charge < -0.3 is 5.32 Å². The lowest BCUT2D eigenvalue weighted by Gasteiger charge is -2.27. The van der Waals surface area contributed by atoms with E-state index in [-0.39, 0.29) is 5.54 Å². The maximum Gasteiger partial charge on any atom is 0.147 e. The Balaban J connectivity index is 2.13. The highest BCUT2D eigenvalue weighted by atomic mass is 15.1. The van der Waals surface area contributed by atoms with Crippen LogP contribution in [0.5, 0.6) is 0 Å². The van der Waals surface area contributed by atoms with E-state index in [2.05, 4.69) is 29.1 Å². The fourth-order valence-corrected chi connectivity index (χ4v) is 1.74. The van der Waals surface area contributed by atoms with E-state index >= 15 is 0 Å². The van der Waals surface area contributed by atoms with E-state index in [1.165, 1.54) is 12.8 Å². The molecule has 1 N–H and O–H groups in total. The number of nitrogens with one attached hydrogen (secondary N) is 1. The van der Waals surface area contributed by atoms with Crippen molar-refractivity contribution < 1.29 is 0 Å². The summed E-state index contributed by atoms with van der Waals surface area (Å²) in [5.74, 6) is 1.72. The van der Waals surface area contributed by atoms with Crippen LogP contribution in [0.25, 0.3) is 0 Å². The standard InChI is InChI=1S/C11H17N3/c1-8-10(13-7-6-12-8)14-11(2,3)9-4-5-9/h6-7,9H,4-5H2,1-3H3,(H,13,14). The first-order valence-corrected chi connectivity index (χ1v) is 5.15. The predicted octanol–water partition coefficient (Wildman–Crippen LogP) is 2.39. The second kappa shape index (κ2) is 3.23. The van der Waals surface area contributed by atoms with Gasteiger partial charge in [0.15, 0.2) is 0 Å². The molecule has 1 aliphatic rings. The summed E-state index contributed by atoms with van der Waals surface area (Å²) in [5, 5.41) is 3.47. The number of aromatic nitrogens is 2. The van der Waals surface area contributed by atoms with Crippen LogP contribution in [0.2, 0.25) is 0 Å². The van der Waals surface area contributed by atoms with Crippen LogP contribution in [-0.4, -0.2) is 15.5 Å². The van der Waals surface area contributed by atoms with Gasteiger partial charge in [0.2, 0.25) is 0 Å². The molecule has 3 nitrogen and oxygen atoms in total. The van der Waals surface area contributed by atoms with Crippen LogP contribution in [0.4, 0.5) is 5.82 Å². The molecule has 0 aromatic carbocycles. The monoisotopic (exact) mass is 191 g/mol. The van der Waals surface area contributed by atoms with E-state index in [4.69, 9.17) is 0 Å². The molecule has 0 aliphatic heterocycles. The summed E-state index contributed by atoms with van der Waals surface area (Å²) in [4.78, 5) is 8.52. The molecule has 0 saturated heterocycles. The minimum absolute atomic E-state index is 0.154. The van der Waals surface area contributed by atoms with Crippen molar-refractivity contribution in [3.8, 4) is 0 Å². The minimum atomic E-state index is 0.154. The maximum absolute atomic E-state index is 4.30. The maximum atomic E-state index is 4.30. The molecule has 76 valence electrons. The highest BCUT2D eigenvalue weighted by Crippen LogP contribution is 2.40. The molecule has 2 rings (SSSR count). The van der Waals surface area contributed by atoms with Gasteiger partial charge in [-0.25, -0.2) is 4.98 Å². The van der Waals surface area contributed by atoms with E-state index in [0.29, 0.717) is 0 Å². The first-order chi connectivity index (χ1) is 6.59. The van der Waals surface area contributed by atoms with Gasteiger partial charge in [0, 0.05) is 17.9 Å². The molecule has 0 unspecified atom stereocenters. The van der Waals surface area contributed by atoms with Crippen molar-refractivity contribution >= 4 is 5.82 Å². The van der Waals surface area contributed by atoms with Crippen molar-refractivity contribution in [3.63, 3.8) is 0 Å². The molecule has 1 saturated carbocycles. The molecule has 0 atom stereocenters. The number of anilines is 1. The first kappa shape index (κ1) is 9.44. The molecular weight excluding hydrogens is 174 g/mol. The Kier molecular flexibility index (Phi) is 2.17. The van der Waals surface area contributed by atoms with Gasteiger partial charge in [-0.15, -0.1) is 0 Å². The summed E-state index contributed by atoms with van der Waals surface area (Å²) in [6.07, 6.45) is 6.13.